The summed E-state index contributed by atoms with van der Waals surface area (Å²) in [5.41, 5.74) is 1.71. The molecular weight excluding hydrogens is 224 g/mol. The zero-order valence-electron chi connectivity index (χ0n) is 10.3. The average molecular weight is 243 g/mol. The predicted octanol–water partition coefficient (Wildman–Crippen LogP) is 3.18. The van der Waals surface area contributed by atoms with Gasteiger partial charge in [-0.2, -0.15) is 0 Å². The van der Waals surface area contributed by atoms with Crippen LogP contribution in [0.3, 0.4) is 0 Å². The molecule has 0 bridgehead atoms. The van der Waals surface area contributed by atoms with Crippen LogP contribution in [0.25, 0.3) is 0 Å². The molecule has 0 aliphatic heterocycles. The Morgan fingerprint density at radius 2 is 2.00 bits per heavy atom. The van der Waals surface area contributed by atoms with E-state index in [-0.39, 0.29) is 12.0 Å². The van der Waals surface area contributed by atoms with Crippen LogP contribution in [0.4, 0.5) is 0 Å². The largest absolute Gasteiger partial charge is 0.496 e. The molecule has 0 spiro atoms. The van der Waals surface area contributed by atoms with Crippen LogP contribution in [0, 0.1) is 0 Å². The lowest BCUT2D eigenvalue weighted by atomic mass is 9.85. The lowest BCUT2D eigenvalue weighted by Gasteiger charge is -2.24. The first-order chi connectivity index (χ1) is 7.46. The standard InChI is InChI=1S/C13H19ClO2/c1-5-10-11(14)6-9(7-12(10)16-4)13(2,3)8-15/h6-7,15H,5,8H2,1-4H3. The van der Waals surface area contributed by atoms with Gasteiger partial charge < -0.3 is 9.84 Å². The molecule has 0 fully saturated rings. The van der Waals surface area contributed by atoms with Crippen molar-refractivity contribution < 1.29 is 9.84 Å². The molecule has 0 radical (unpaired) electrons. The molecule has 3 heteroatoms. The second-order valence-electron chi connectivity index (χ2n) is 4.53. The molecule has 1 aromatic carbocycles. The number of aliphatic hydroxyl groups is 1. The van der Waals surface area contributed by atoms with Gasteiger partial charge in [-0.05, 0) is 24.1 Å². The van der Waals surface area contributed by atoms with Crippen LogP contribution in [-0.4, -0.2) is 18.8 Å². The topological polar surface area (TPSA) is 29.5 Å². The Balaban J connectivity index is 3.31. The van der Waals surface area contributed by atoms with Gasteiger partial charge in [0.25, 0.3) is 0 Å². The molecule has 0 amide bonds. The van der Waals surface area contributed by atoms with E-state index in [0.29, 0.717) is 5.02 Å². The number of benzene rings is 1. The summed E-state index contributed by atoms with van der Waals surface area (Å²) in [6.07, 6.45) is 0.835. The maximum atomic E-state index is 9.34. The van der Waals surface area contributed by atoms with Crippen LogP contribution < -0.4 is 4.74 Å². The van der Waals surface area contributed by atoms with E-state index in [2.05, 4.69) is 0 Å². The Labute approximate surface area is 102 Å². The maximum Gasteiger partial charge on any atom is 0.123 e. The second kappa shape index (κ2) is 5.07. The lowest BCUT2D eigenvalue weighted by Crippen LogP contribution is -2.22. The van der Waals surface area contributed by atoms with E-state index in [4.69, 9.17) is 16.3 Å². The fourth-order valence-electron chi connectivity index (χ4n) is 1.62. The van der Waals surface area contributed by atoms with Crippen molar-refractivity contribution >= 4 is 11.6 Å². The molecule has 0 unspecified atom stereocenters. The third-order valence-corrected chi connectivity index (χ3v) is 3.24. The molecule has 1 rings (SSSR count). The van der Waals surface area contributed by atoms with Crippen LogP contribution in [-0.2, 0) is 11.8 Å². The smallest absolute Gasteiger partial charge is 0.123 e. The monoisotopic (exact) mass is 242 g/mol. The Morgan fingerprint density at radius 3 is 2.44 bits per heavy atom. The van der Waals surface area contributed by atoms with Gasteiger partial charge in [0, 0.05) is 16.0 Å². The molecule has 16 heavy (non-hydrogen) atoms. The molecule has 0 saturated heterocycles. The zero-order chi connectivity index (χ0) is 12.3. The number of rotatable bonds is 4. The maximum absolute atomic E-state index is 9.34. The van der Waals surface area contributed by atoms with Crippen molar-refractivity contribution in [2.24, 2.45) is 0 Å². The summed E-state index contributed by atoms with van der Waals surface area (Å²) in [7, 11) is 1.64. The summed E-state index contributed by atoms with van der Waals surface area (Å²) in [5, 5.41) is 10.1. The van der Waals surface area contributed by atoms with Gasteiger partial charge in [-0.3, -0.25) is 0 Å². The molecule has 1 N–H and O–H groups in total. The van der Waals surface area contributed by atoms with Gasteiger partial charge in [0.1, 0.15) is 5.75 Å². The molecular formula is C13H19ClO2. The molecule has 0 atom stereocenters. The highest BCUT2D eigenvalue weighted by atomic mass is 35.5. The van der Waals surface area contributed by atoms with Crippen LogP contribution >= 0.6 is 11.6 Å². The third-order valence-electron chi connectivity index (χ3n) is 2.90. The molecule has 0 aliphatic rings. The van der Waals surface area contributed by atoms with Gasteiger partial charge in [-0.15, -0.1) is 0 Å². The zero-order valence-corrected chi connectivity index (χ0v) is 11.1. The number of halogens is 1. The fraction of sp³-hybridized carbons (Fsp3) is 0.538. The Bertz CT molecular complexity index is 372. The average Bonchev–Trinajstić information content (AvgIpc) is 2.27. The van der Waals surface area contributed by atoms with Crippen molar-refractivity contribution in [2.45, 2.75) is 32.6 Å². The number of hydrogen-bond donors (Lipinski definition) is 1. The quantitative estimate of drug-likeness (QED) is 0.879. The second-order valence-corrected chi connectivity index (χ2v) is 4.94. The van der Waals surface area contributed by atoms with Crippen molar-refractivity contribution in [3.63, 3.8) is 0 Å². The summed E-state index contributed by atoms with van der Waals surface area (Å²) in [6, 6.07) is 3.88. The minimum atomic E-state index is -0.302. The van der Waals surface area contributed by atoms with Gasteiger partial charge in [0.2, 0.25) is 0 Å². The van der Waals surface area contributed by atoms with Gasteiger partial charge in [0.05, 0.1) is 13.7 Å². The minimum Gasteiger partial charge on any atom is -0.496 e. The van der Waals surface area contributed by atoms with E-state index in [1.165, 1.54) is 0 Å². The summed E-state index contributed by atoms with van der Waals surface area (Å²) in [4.78, 5) is 0. The fourth-order valence-corrected chi connectivity index (χ4v) is 1.96. The highest BCUT2D eigenvalue weighted by Crippen LogP contribution is 2.34. The molecule has 1 aromatic rings. The first kappa shape index (κ1) is 13.3. The molecule has 90 valence electrons. The van der Waals surface area contributed by atoms with Crippen molar-refractivity contribution in [1.82, 2.24) is 0 Å². The number of ether oxygens (including phenoxy) is 1. The van der Waals surface area contributed by atoms with Gasteiger partial charge in [-0.25, -0.2) is 0 Å². The van der Waals surface area contributed by atoms with Crippen LogP contribution in [0.2, 0.25) is 5.02 Å². The molecule has 2 nitrogen and oxygen atoms in total. The van der Waals surface area contributed by atoms with E-state index >= 15 is 0 Å². The highest BCUT2D eigenvalue weighted by molar-refractivity contribution is 6.31. The van der Waals surface area contributed by atoms with E-state index in [1.54, 1.807) is 7.11 Å². The Morgan fingerprint density at radius 1 is 1.38 bits per heavy atom. The third kappa shape index (κ3) is 2.50. The Kier molecular flexibility index (Phi) is 4.22. The highest BCUT2D eigenvalue weighted by Gasteiger charge is 2.22. The van der Waals surface area contributed by atoms with Crippen LogP contribution in [0.15, 0.2) is 12.1 Å². The first-order valence-electron chi connectivity index (χ1n) is 5.44. The molecule has 0 heterocycles. The Hall–Kier alpha value is -0.730. The SMILES string of the molecule is CCc1c(Cl)cc(C(C)(C)CO)cc1OC. The summed E-state index contributed by atoms with van der Waals surface area (Å²) in [6.45, 7) is 6.08. The van der Waals surface area contributed by atoms with E-state index < -0.39 is 0 Å². The van der Waals surface area contributed by atoms with Gasteiger partial charge in [-0.1, -0.05) is 32.4 Å². The van der Waals surface area contributed by atoms with E-state index in [9.17, 15) is 5.11 Å². The van der Waals surface area contributed by atoms with E-state index in [0.717, 1.165) is 23.3 Å². The van der Waals surface area contributed by atoms with Crippen molar-refractivity contribution in [3.8, 4) is 5.75 Å². The normalized spacial score (nSPS) is 11.6. The van der Waals surface area contributed by atoms with Crippen molar-refractivity contribution in [1.29, 1.82) is 0 Å². The molecule has 0 aromatic heterocycles. The van der Waals surface area contributed by atoms with E-state index in [1.807, 2.05) is 32.9 Å². The van der Waals surface area contributed by atoms with Crippen molar-refractivity contribution in [3.05, 3.63) is 28.3 Å². The summed E-state index contributed by atoms with van der Waals surface area (Å²) < 4.78 is 5.33. The van der Waals surface area contributed by atoms with Gasteiger partial charge >= 0.3 is 0 Å². The minimum absolute atomic E-state index is 0.0813. The van der Waals surface area contributed by atoms with Crippen LogP contribution in [0.1, 0.15) is 31.9 Å². The van der Waals surface area contributed by atoms with Crippen LogP contribution in [0.5, 0.6) is 5.75 Å². The first-order valence-corrected chi connectivity index (χ1v) is 5.81. The molecule has 0 saturated carbocycles. The number of hydrogen-bond acceptors (Lipinski definition) is 2. The van der Waals surface area contributed by atoms with Gasteiger partial charge in [0.15, 0.2) is 0 Å². The summed E-state index contributed by atoms with van der Waals surface area (Å²) >= 11 is 6.21. The summed E-state index contributed by atoms with van der Waals surface area (Å²) in [5.74, 6) is 0.798. The predicted molar refractivity (Wildman–Crippen MR) is 67.5 cm³/mol. The number of methoxy groups -OCH3 is 1. The number of aliphatic hydroxyl groups excluding tert-OH is 1. The lowest BCUT2D eigenvalue weighted by molar-refractivity contribution is 0.218. The van der Waals surface area contributed by atoms with Crippen molar-refractivity contribution in [2.75, 3.05) is 13.7 Å². The molecule has 0 aliphatic carbocycles.